The second-order valence-electron chi connectivity index (χ2n) is 8.51. The van der Waals surface area contributed by atoms with E-state index in [-0.39, 0.29) is 23.0 Å². The third-order valence-electron chi connectivity index (χ3n) is 5.77. The van der Waals surface area contributed by atoms with Crippen molar-refractivity contribution < 1.29 is 18.8 Å². The van der Waals surface area contributed by atoms with E-state index in [1.807, 2.05) is 37.3 Å². The largest absolute Gasteiger partial charge is 0.469 e. The Bertz CT molecular complexity index is 654. The number of ether oxygens (including phenoxy) is 1. The van der Waals surface area contributed by atoms with Crippen LogP contribution in [0.5, 0.6) is 0 Å². The number of amides is 1. The van der Waals surface area contributed by atoms with E-state index in [1.54, 1.807) is 4.90 Å². The summed E-state index contributed by atoms with van der Waals surface area (Å²) in [5, 5.41) is -0.0492. The van der Waals surface area contributed by atoms with Crippen LogP contribution in [-0.2, 0) is 18.8 Å². The van der Waals surface area contributed by atoms with E-state index in [4.69, 9.17) is 9.16 Å². The smallest absolute Gasteiger partial charge is 0.313 e. The molecule has 1 amide bonds. The predicted octanol–water partition coefficient (Wildman–Crippen LogP) is 3.77. The van der Waals surface area contributed by atoms with E-state index in [9.17, 15) is 9.59 Å². The first-order chi connectivity index (χ1) is 12.0. The van der Waals surface area contributed by atoms with Gasteiger partial charge in [-0.2, -0.15) is 0 Å². The molecule has 5 nitrogen and oxygen atoms in total. The van der Waals surface area contributed by atoms with Crippen molar-refractivity contribution in [2.75, 3.05) is 13.7 Å². The Labute approximate surface area is 157 Å². The topological polar surface area (TPSA) is 55.8 Å². The summed E-state index contributed by atoms with van der Waals surface area (Å²) in [5.41, 5.74) is 1.04. The molecule has 0 aromatic heterocycles. The molecule has 0 radical (unpaired) electrons. The molecule has 26 heavy (non-hydrogen) atoms. The first-order valence-electron chi connectivity index (χ1n) is 9.10. The zero-order valence-electron chi connectivity index (χ0n) is 16.9. The molecule has 3 atom stereocenters. The van der Waals surface area contributed by atoms with Crippen LogP contribution >= 0.6 is 0 Å². The Balaban J connectivity index is 2.31. The lowest BCUT2D eigenvalue weighted by atomic mass is 10.1. The average Bonchev–Trinajstić information content (AvgIpc) is 2.89. The fraction of sp³-hybridized carbons (Fsp3) is 0.600. The van der Waals surface area contributed by atoms with Crippen molar-refractivity contribution in [1.82, 2.24) is 4.90 Å². The van der Waals surface area contributed by atoms with Gasteiger partial charge in [0.2, 0.25) is 0 Å². The number of hydrogen-bond acceptors (Lipinski definition) is 4. The molecule has 144 valence electrons. The van der Waals surface area contributed by atoms with Gasteiger partial charge in [0.15, 0.2) is 8.32 Å². The maximum absolute atomic E-state index is 13.2. The molecule has 0 spiro atoms. The number of carbonyl (C=O) groups excluding carboxylic acids is 2. The van der Waals surface area contributed by atoms with Crippen molar-refractivity contribution in [3.8, 4) is 0 Å². The van der Waals surface area contributed by atoms with E-state index in [1.165, 1.54) is 7.11 Å². The number of carbonyl (C=O) groups is 2. The second kappa shape index (κ2) is 7.52. The van der Waals surface area contributed by atoms with Gasteiger partial charge in [0.05, 0.1) is 13.2 Å². The number of methoxy groups -OCH3 is 1. The first-order valence-corrected chi connectivity index (χ1v) is 12.0. The van der Waals surface area contributed by atoms with Gasteiger partial charge in [-0.15, -0.1) is 0 Å². The molecule has 1 fully saturated rings. The number of esters is 1. The molecule has 1 aromatic rings. The summed E-state index contributed by atoms with van der Waals surface area (Å²) in [7, 11) is -0.850. The average molecular weight is 378 g/mol. The van der Waals surface area contributed by atoms with Crippen LogP contribution in [0, 0.1) is 5.92 Å². The van der Waals surface area contributed by atoms with Gasteiger partial charge in [0.25, 0.3) is 5.91 Å². The molecular weight excluding hydrogens is 346 g/mol. The van der Waals surface area contributed by atoms with Gasteiger partial charge < -0.3 is 14.1 Å². The zero-order valence-corrected chi connectivity index (χ0v) is 17.9. The summed E-state index contributed by atoms with van der Waals surface area (Å²) in [6.45, 7) is 12.9. The van der Waals surface area contributed by atoms with Crippen molar-refractivity contribution in [2.45, 2.75) is 58.0 Å². The van der Waals surface area contributed by atoms with E-state index >= 15 is 0 Å². The monoisotopic (exact) mass is 377 g/mol. The van der Waals surface area contributed by atoms with E-state index in [0.717, 1.165) is 5.56 Å². The highest BCUT2D eigenvalue weighted by atomic mass is 28.4. The summed E-state index contributed by atoms with van der Waals surface area (Å²) in [6, 6.07) is 9.72. The third-order valence-corrected chi connectivity index (χ3v) is 10.2. The Hall–Kier alpha value is -1.66. The maximum Gasteiger partial charge on any atom is 0.313 e. The Kier molecular flexibility index (Phi) is 5.98. The minimum atomic E-state index is -2.21. The van der Waals surface area contributed by atoms with Crippen molar-refractivity contribution >= 4 is 20.2 Å². The van der Waals surface area contributed by atoms with Crippen LogP contribution < -0.4 is 0 Å². The molecule has 1 saturated heterocycles. The van der Waals surface area contributed by atoms with Crippen LogP contribution in [0.4, 0.5) is 0 Å². The summed E-state index contributed by atoms with van der Waals surface area (Å²) in [4.78, 5) is 27.3. The summed E-state index contributed by atoms with van der Waals surface area (Å²) in [6.07, 6.45) is -0.769. The SMILES string of the molecule is COC(=O)[C@@H]1CN([C@@H](C)c2ccccc2)C(=O)[C@@H]1O[Si](C)(C)C(C)(C)C. The van der Waals surface area contributed by atoms with Crippen LogP contribution in [0.15, 0.2) is 30.3 Å². The standard InChI is InChI=1S/C20H31NO4Si/c1-14(15-11-9-8-10-12-15)21-13-16(19(23)24-5)17(18(21)22)25-26(6,7)20(2,3)4/h8-12,14,16-17H,13H2,1-7H3/t14-,16+,17+/m0/s1. The highest BCUT2D eigenvalue weighted by Gasteiger charge is 2.51. The molecule has 0 bridgehead atoms. The fourth-order valence-electron chi connectivity index (χ4n) is 2.97. The van der Waals surface area contributed by atoms with E-state index < -0.39 is 20.3 Å². The minimum Gasteiger partial charge on any atom is -0.469 e. The Morgan fingerprint density at radius 3 is 2.31 bits per heavy atom. The normalized spacial score (nSPS) is 22.4. The maximum atomic E-state index is 13.2. The number of nitrogens with zero attached hydrogens (tertiary/aromatic N) is 1. The lowest BCUT2D eigenvalue weighted by Gasteiger charge is -2.38. The van der Waals surface area contributed by atoms with E-state index in [0.29, 0.717) is 6.54 Å². The summed E-state index contributed by atoms with van der Waals surface area (Å²) in [5.74, 6) is -1.10. The van der Waals surface area contributed by atoms with Gasteiger partial charge in [-0.1, -0.05) is 51.1 Å². The molecular formula is C20H31NO4Si. The molecule has 6 heteroatoms. The second-order valence-corrected chi connectivity index (χ2v) is 13.3. The summed E-state index contributed by atoms with van der Waals surface area (Å²) < 4.78 is 11.3. The first kappa shape index (κ1) is 20.6. The van der Waals surface area contributed by atoms with Crippen LogP contribution in [0.1, 0.15) is 39.3 Å². The van der Waals surface area contributed by atoms with Gasteiger partial charge >= 0.3 is 5.97 Å². The van der Waals surface area contributed by atoms with Gasteiger partial charge in [0, 0.05) is 6.54 Å². The van der Waals surface area contributed by atoms with Crippen LogP contribution in [0.25, 0.3) is 0 Å². The Morgan fingerprint density at radius 1 is 1.23 bits per heavy atom. The molecule has 0 aliphatic carbocycles. The van der Waals surface area contributed by atoms with Crippen LogP contribution in [0.2, 0.25) is 18.1 Å². The highest BCUT2D eigenvalue weighted by Crippen LogP contribution is 2.40. The molecule has 1 aliphatic heterocycles. The van der Waals surface area contributed by atoms with Crippen molar-refractivity contribution in [2.24, 2.45) is 5.92 Å². The number of likely N-dealkylation sites (tertiary alicyclic amines) is 1. The highest BCUT2D eigenvalue weighted by molar-refractivity contribution is 6.74. The van der Waals surface area contributed by atoms with Crippen molar-refractivity contribution in [3.05, 3.63) is 35.9 Å². The van der Waals surface area contributed by atoms with Gasteiger partial charge in [-0.25, -0.2) is 0 Å². The van der Waals surface area contributed by atoms with Crippen molar-refractivity contribution in [3.63, 3.8) is 0 Å². The summed E-state index contributed by atoms with van der Waals surface area (Å²) >= 11 is 0. The lowest BCUT2D eigenvalue weighted by Crippen LogP contribution is -2.48. The molecule has 1 heterocycles. The molecule has 0 N–H and O–H groups in total. The quantitative estimate of drug-likeness (QED) is 0.579. The predicted molar refractivity (Wildman–Crippen MR) is 104 cm³/mol. The molecule has 0 saturated carbocycles. The lowest BCUT2D eigenvalue weighted by molar-refractivity contribution is -0.149. The Morgan fingerprint density at radius 2 is 1.81 bits per heavy atom. The number of benzene rings is 1. The minimum absolute atomic E-state index is 0.0492. The van der Waals surface area contributed by atoms with E-state index in [2.05, 4.69) is 33.9 Å². The van der Waals surface area contributed by atoms with Gasteiger partial charge in [0.1, 0.15) is 12.0 Å². The zero-order chi connectivity index (χ0) is 19.7. The van der Waals surface area contributed by atoms with Gasteiger partial charge in [-0.3, -0.25) is 9.59 Å². The molecule has 0 unspecified atom stereocenters. The van der Waals surface area contributed by atoms with Crippen molar-refractivity contribution in [1.29, 1.82) is 0 Å². The molecule has 1 aliphatic rings. The fourth-order valence-corrected chi connectivity index (χ4v) is 4.22. The number of rotatable bonds is 5. The van der Waals surface area contributed by atoms with Gasteiger partial charge in [-0.05, 0) is 30.6 Å². The third kappa shape index (κ3) is 4.01. The number of hydrogen-bond donors (Lipinski definition) is 0. The van der Waals surface area contributed by atoms with Crippen LogP contribution in [-0.4, -0.2) is 44.9 Å². The molecule has 2 rings (SSSR count). The molecule has 1 aromatic carbocycles. The van der Waals surface area contributed by atoms with Crippen LogP contribution in [0.3, 0.4) is 0 Å².